The van der Waals surface area contributed by atoms with Crippen LogP contribution in [0.5, 0.6) is 0 Å². The summed E-state index contributed by atoms with van der Waals surface area (Å²) in [6, 6.07) is 7.68. The third-order valence-electron chi connectivity index (χ3n) is 3.49. The summed E-state index contributed by atoms with van der Waals surface area (Å²) < 4.78 is 5.50. The van der Waals surface area contributed by atoms with Crippen LogP contribution in [0.2, 0.25) is 0 Å². The van der Waals surface area contributed by atoms with E-state index < -0.39 is 0 Å². The maximum absolute atomic E-state index is 8.84. The van der Waals surface area contributed by atoms with Crippen molar-refractivity contribution in [3.63, 3.8) is 0 Å². The Morgan fingerprint density at radius 1 is 1.53 bits per heavy atom. The molecule has 5 nitrogen and oxygen atoms in total. The van der Waals surface area contributed by atoms with Gasteiger partial charge < -0.3 is 20.6 Å². The monoisotopic (exact) mass is 263 g/mol. The number of hydrogen-bond acceptors (Lipinski definition) is 4. The molecule has 5 heteroatoms. The van der Waals surface area contributed by atoms with Crippen LogP contribution in [0.15, 0.2) is 29.4 Å². The van der Waals surface area contributed by atoms with Crippen LogP contribution in [0.3, 0.4) is 0 Å². The van der Waals surface area contributed by atoms with Crippen LogP contribution in [-0.4, -0.2) is 37.8 Å². The quantitative estimate of drug-likeness (QED) is 0.375. The Labute approximate surface area is 113 Å². The predicted octanol–water partition coefficient (Wildman–Crippen LogP) is 1.64. The lowest BCUT2D eigenvalue weighted by atomic mass is 10.0. The molecule has 2 rings (SSSR count). The first-order chi connectivity index (χ1) is 9.22. The molecule has 1 aliphatic rings. The van der Waals surface area contributed by atoms with Crippen molar-refractivity contribution < 1.29 is 9.94 Å². The summed E-state index contributed by atoms with van der Waals surface area (Å²) in [5.74, 6) is 0.682. The van der Waals surface area contributed by atoms with Gasteiger partial charge in [-0.25, -0.2) is 0 Å². The van der Waals surface area contributed by atoms with Crippen LogP contribution in [-0.2, 0) is 4.74 Å². The standard InChI is InChI=1S/C14H21N3O2/c1-17(9-11-5-4-8-19-10-11)13-7-3-2-6-12(13)14(15)16-18/h2-3,6-7,11,18H,4-5,8-10H2,1H3,(H2,15,16). The maximum atomic E-state index is 8.84. The van der Waals surface area contributed by atoms with Gasteiger partial charge in [0.2, 0.25) is 0 Å². The van der Waals surface area contributed by atoms with E-state index in [1.165, 1.54) is 6.42 Å². The highest BCUT2D eigenvalue weighted by Gasteiger charge is 2.18. The molecule has 19 heavy (non-hydrogen) atoms. The van der Waals surface area contributed by atoms with E-state index in [0.717, 1.165) is 37.4 Å². The summed E-state index contributed by atoms with van der Waals surface area (Å²) in [6.45, 7) is 2.60. The molecule has 1 aromatic rings. The molecule has 0 amide bonds. The normalized spacial score (nSPS) is 20.3. The fourth-order valence-corrected chi connectivity index (χ4v) is 2.51. The minimum absolute atomic E-state index is 0.141. The molecule has 0 aromatic heterocycles. The van der Waals surface area contributed by atoms with Crippen molar-refractivity contribution in [1.29, 1.82) is 0 Å². The fourth-order valence-electron chi connectivity index (χ4n) is 2.51. The highest BCUT2D eigenvalue weighted by molar-refractivity contribution is 6.02. The van der Waals surface area contributed by atoms with Crippen molar-refractivity contribution >= 4 is 11.5 Å². The molecule has 0 aliphatic carbocycles. The largest absolute Gasteiger partial charge is 0.409 e. The molecule has 1 aliphatic heterocycles. The van der Waals surface area contributed by atoms with Crippen molar-refractivity contribution in [2.75, 3.05) is 31.7 Å². The van der Waals surface area contributed by atoms with E-state index in [2.05, 4.69) is 10.1 Å². The first-order valence-corrected chi connectivity index (χ1v) is 6.58. The summed E-state index contributed by atoms with van der Waals surface area (Å²) in [7, 11) is 2.03. The zero-order chi connectivity index (χ0) is 13.7. The Hall–Kier alpha value is -1.75. The molecule has 104 valence electrons. The van der Waals surface area contributed by atoms with E-state index in [0.29, 0.717) is 5.92 Å². The number of ether oxygens (including phenoxy) is 1. The van der Waals surface area contributed by atoms with Gasteiger partial charge in [-0.2, -0.15) is 0 Å². The Bertz CT molecular complexity index is 442. The van der Waals surface area contributed by atoms with Gasteiger partial charge in [0.15, 0.2) is 5.84 Å². The first-order valence-electron chi connectivity index (χ1n) is 6.58. The predicted molar refractivity (Wildman–Crippen MR) is 75.8 cm³/mol. The lowest BCUT2D eigenvalue weighted by molar-refractivity contribution is 0.0576. The van der Waals surface area contributed by atoms with E-state index in [1.807, 2.05) is 31.3 Å². The Balaban J connectivity index is 2.11. The number of nitrogens with zero attached hydrogens (tertiary/aromatic N) is 2. The van der Waals surface area contributed by atoms with E-state index in [-0.39, 0.29) is 5.84 Å². The van der Waals surface area contributed by atoms with Crippen molar-refractivity contribution in [2.45, 2.75) is 12.8 Å². The molecule has 1 saturated heterocycles. The molecule has 1 aromatic carbocycles. The molecule has 0 radical (unpaired) electrons. The second-order valence-corrected chi connectivity index (χ2v) is 4.97. The van der Waals surface area contributed by atoms with E-state index in [9.17, 15) is 0 Å². The summed E-state index contributed by atoms with van der Waals surface area (Å²) in [5.41, 5.74) is 7.44. The second kappa shape index (κ2) is 6.43. The molecule has 1 unspecified atom stereocenters. The van der Waals surface area contributed by atoms with Crippen LogP contribution in [0.1, 0.15) is 18.4 Å². The van der Waals surface area contributed by atoms with Gasteiger partial charge in [0, 0.05) is 31.5 Å². The van der Waals surface area contributed by atoms with Crippen molar-refractivity contribution in [3.05, 3.63) is 29.8 Å². The van der Waals surface area contributed by atoms with Crippen LogP contribution < -0.4 is 10.6 Å². The van der Waals surface area contributed by atoms with Gasteiger partial charge >= 0.3 is 0 Å². The zero-order valence-corrected chi connectivity index (χ0v) is 11.2. The Morgan fingerprint density at radius 3 is 3.00 bits per heavy atom. The Morgan fingerprint density at radius 2 is 2.32 bits per heavy atom. The minimum Gasteiger partial charge on any atom is -0.409 e. The fraction of sp³-hybridized carbons (Fsp3) is 0.500. The smallest absolute Gasteiger partial charge is 0.172 e. The van der Waals surface area contributed by atoms with Crippen LogP contribution in [0.25, 0.3) is 0 Å². The maximum Gasteiger partial charge on any atom is 0.172 e. The highest BCUT2D eigenvalue weighted by Crippen LogP contribution is 2.22. The number of rotatable bonds is 4. The summed E-state index contributed by atoms with van der Waals surface area (Å²) >= 11 is 0. The van der Waals surface area contributed by atoms with Gasteiger partial charge in [-0.1, -0.05) is 17.3 Å². The van der Waals surface area contributed by atoms with Crippen LogP contribution in [0.4, 0.5) is 5.69 Å². The summed E-state index contributed by atoms with van der Waals surface area (Å²) in [4.78, 5) is 2.15. The van der Waals surface area contributed by atoms with Gasteiger partial charge in [-0.15, -0.1) is 0 Å². The number of oxime groups is 1. The molecule has 0 spiro atoms. The Kier molecular flexibility index (Phi) is 4.63. The van der Waals surface area contributed by atoms with Crippen molar-refractivity contribution in [2.24, 2.45) is 16.8 Å². The molecule has 1 atom stereocenters. The molecule has 0 saturated carbocycles. The molecule has 0 bridgehead atoms. The van der Waals surface area contributed by atoms with Gasteiger partial charge in [0.05, 0.1) is 6.61 Å². The highest BCUT2D eigenvalue weighted by atomic mass is 16.5. The van der Waals surface area contributed by atoms with Crippen LogP contribution >= 0.6 is 0 Å². The van der Waals surface area contributed by atoms with Gasteiger partial charge in [-0.05, 0) is 30.9 Å². The van der Waals surface area contributed by atoms with Crippen LogP contribution in [0, 0.1) is 5.92 Å². The second-order valence-electron chi connectivity index (χ2n) is 4.97. The number of anilines is 1. The molecular formula is C14H21N3O2. The van der Waals surface area contributed by atoms with Gasteiger partial charge in [-0.3, -0.25) is 0 Å². The van der Waals surface area contributed by atoms with Crippen molar-refractivity contribution in [3.8, 4) is 0 Å². The third-order valence-corrected chi connectivity index (χ3v) is 3.49. The first kappa shape index (κ1) is 13.7. The average molecular weight is 263 g/mol. The van der Waals surface area contributed by atoms with Crippen molar-refractivity contribution in [1.82, 2.24) is 0 Å². The lowest BCUT2D eigenvalue weighted by Gasteiger charge is -2.29. The molecular weight excluding hydrogens is 242 g/mol. The SMILES string of the molecule is CN(CC1CCCOC1)c1ccccc1C(N)=NO. The van der Waals surface area contributed by atoms with E-state index >= 15 is 0 Å². The summed E-state index contributed by atoms with van der Waals surface area (Å²) in [6.07, 6.45) is 2.32. The number of hydrogen-bond donors (Lipinski definition) is 2. The molecule has 1 fully saturated rings. The van der Waals surface area contributed by atoms with Gasteiger partial charge in [0.1, 0.15) is 0 Å². The zero-order valence-electron chi connectivity index (χ0n) is 11.2. The third kappa shape index (κ3) is 3.38. The summed E-state index contributed by atoms with van der Waals surface area (Å²) in [5, 5.41) is 11.9. The minimum atomic E-state index is 0.141. The number of nitrogens with two attached hydrogens (primary N) is 1. The number of para-hydroxylation sites is 1. The lowest BCUT2D eigenvalue weighted by Crippen LogP contribution is -2.32. The molecule has 3 N–H and O–H groups in total. The van der Waals surface area contributed by atoms with E-state index in [1.54, 1.807) is 0 Å². The number of benzene rings is 1. The van der Waals surface area contributed by atoms with E-state index in [4.69, 9.17) is 15.7 Å². The molecule has 1 heterocycles. The average Bonchev–Trinajstić information content (AvgIpc) is 2.47. The van der Waals surface area contributed by atoms with Gasteiger partial charge in [0.25, 0.3) is 0 Å². The topological polar surface area (TPSA) is 71.1 Å². The number of amidine groups is 1.